The van der Waals surface area contributed by atoms with E-state index in [0.29, 0.717) is 12.5 Å². The molecule has 0 saturated carbocycles. The lowest BCUT2D eigenvalue weighted by Crippen LogP contribution is -2.54. The van der Waals surface area contributed by atoms with Crippen LogP contribution in [0.2, 0.25) is 0 Å². The number of nitrogens with one attached hydrogen (secondary N) is 2. The summed E-state index contributed by atoms with van der Waals surface area (Å²) in [6.07, 6.45) is 5.60. The van der Waals surface area contributed by atoms with Gasteiger partial charge in [-0.15, -0.1) is 24.8 Å². The van der Waals surface area contributed by atoms with Gasteiger partial charge in [0.15, 0.2) is 0 Å². The molecule has 0 radical (unpaired) electrons. The van der Waals surface area contributed by atoms with E-state index >= 15 is 0 Å². The first-order valence-electron chi connectivity index (χ1n) is 8.22. The highest BCUT2D eigenvalue weighted by Crippen LogP contribution is 2.23. The number of carbonyl (C=O) groups excluding carboxylic acids is 1. The largest absolute Gasteiger partial charge is 0.354 e. The minimum atomic E-state index is 0. The smallest absolute Gasteiger partial charge is 0.221 e. The van der Waals surface area contributed by atoms with Crippen LogP contribution in [0.4, 0.5) is 0 Å². The van der Waals surface area contributed by atoms with E-state index in [2.05, 4.69) is 36.3 Å². The summed E-state index contributed by atoms with van der Waals surface area (Å²) in [4.78, 5) is 14.6. The zero-order valence-corrected chi connectivity index (χ0v) is 15.8. The molecule has 2 saturated heterocycles. The SMILES string of the molecule is CC1CCCN(C(C)(C)CNC(=O)CC2CCCN2)C1.Cl.Cl. The average Bonchev–Trinajstić information content (AvgIpc) is 2.89. The summed E-state index contributed by atoms with van der Waals surface area (Å²) in [7, 11) is 0. The van der Waals surface area contributed by atoms with Crippen LogP contribution in [0, 0.1) is 5.92 Å². The van der Waals surface area contributed by atoms with Crippen LogP contribution in [-0.4, -0.2) is 48.6 Å². The Hall–Kier alpha value is -0.0300. The highest BCUT2D eigenvalue weighted by Gasteiger charge is 2.30. The fourth-order valence-corrected chi connectivity index (χ4v) is 3.39. The second-order valence-electron chi connectivity index (χ2n) is 7.28. The molecule has 2 heterocycles. The van der Waals surface area contributed by atoms with Crippen molar-refractivity contribution in [1.82, 2.24) is 15.5 Å². The van der Waals surface area contributed by atoms with Crippen LogP contribution in [-0.2, 0) is 4.79 Å². The Morgan fingerprint density at radius 1 is 1.27 bits per heavy atom. The summed E-state index contributed by atoms with van der Waals surface area (Å²) in [5, 5.41) is 6.52. The normalized spacial score (nSPS) is 26.0. The van der Waals surface area contributed by atoms with Crippen LogP contribution in [0.1, 0.15) is 52.9 Å². The van der Waals surface area contributed by atoms with Crippen molar-refractivity contribution in [3.8, 4) is 0 Å². The van der Waals surface area contributed by atoms with Gasteiger partial charge in [-0.1, -0.05) is 6.92 Å². The van der Waals surface area contributed by atoms with Crippen molar-refractivity contribution >= 4 is 30.7 Å². The maximum atomic E-state index is 12.0. The average molecular weight is 354 g/mol. The highest BCUT2D eigenvalue weighted by atomic mass is 35.5. The third-order valence-electron chi connectivity index (χ3n) is 4.83. The summed E-state index contributed by atoms with van der Waals surface area (Å²) in [5.74, 6) is 0.976. The van der Waals surface area contributed by atoms with Crippen LogP contribution in [0.25, 0.3) is 0 Å². The maximum absolute atomic E-state index is 12.0. The predicted molar refractivity (Wildman–Crippen MR) is 97.2 cm³/mol. The van der Waals surface area contributed by atoms with Crippen LogP contribution in [0.15, 0.2) is 0 Å². The Labute approximate surface area is 148 Å². The molecule has 2 fully saturated rings. The maximum Gasteiger partial charge on any atom is 0.221 e. The molecule has 0 aromatic rings. The van der Waals surface area contributed by atoms with Gasteiger partial charge in [-0.3, -0.25) is 9.69 Å². The van der Waals surface area contributed by atoms with Gasteiger partial charge in [0, 0.05) is 31.1 Å². The minimum absolute atomic E-state index is 0. The van der Waals surface area contributed by atoms with E-state index in [9.17, 15) is 4.79 Å². The van der Waals surface area contributed by atoms with Gasteiger partial charge in [0.1, 0.15) is 0 Å². The number of hydrogen-bond acceptors (Lipinski definition) is 3. The van der Waals surface area contributed by atoms with E-state index in [4.69, 9.17) is 0 Å². The van der Waals surface area contributed by atoms with Crippen molar-refractivity contribution in [3.63, 3.8) is 0 Å². The molecular formula is C16H33Cl2N3O. The van der Waals surface area contributed by atoms with Gasteiger partial charge in [0.05, 0.1) is 0 Å². The molecule has 0 aliphatic carbocycles. The van der Waals surface area contributed by atoms with Gasteiger partial charge in [0.25, 0.3) is 0 Å². The van der Waals surface area contributed by atoms with Crippen LogP contribution >= 0.6 is 24.8 Å². The van der Waals surface area contributed by atoms with E-state index in [0.717, 1.165) is 38.5 Å². The number of hydrogen-bond donors (Lipinski definition) is 2. The summed E-state index contributed by atoms with van der Waals surface area (Å²) in [6.45, 7) is 11.0. The molecule has 2 atom stereocenters. The monoisotopic (exact) mass is 353 g/mol. The highest BCUT2D eigenvalue weighted by molar-refractivity contribution is 5.85. The number of amides is 1. The zero-order valence-electron chi connectivity index (χ0n) is 14.2. The van der Waals surface area contributed by atoms with Crippen molar-refractivity contribution in [2.75, 3.05) is 26.2 Å². The third-order valence-corrected chi connectivity index (χ3v) is 4.83. The van der Waals surface area contributed by atoms with E-state index in [1.807, 2.05) is 0 Å². The Morgan fingerprint density at radius 2 is 2.00 bits per heavy atom. The second-order valence-corrected chi connectivity index (χ2v) is 7.28. The molecule has 0 bridgehead atoms. The van der Waals surface area contributed by atoms with Crippen molar-refractivity contribution in [2.24, 2.45) is 5.92 Å². The number of piperidine rings is 1. The molecule has 1 amide bonds. The Bertz CT molecular complexity index is 333. The molecule has 0 aromatic carbocycles. The molecule has 0 aromatic heterocycles. The van der Waals surface area contributed by atoms with Crippen LogP contribution in [0.5, 0.6) is 0 Å². The summed E-state index contributed by atoms with van der Waals surface area (Å²) >= 11 is 0. The van der Waals surface area contributed by atoms with Gasteiger partial charge in [-0.25, -0.2) is 0 Å². The number of rotatable bonds is 5. The van der Waals surface area contributed by atoms with Crippen molar-refractivity contribution < 1.29 is 4.79 Å². The topological polar surface area (TPSA) is 44.4 Å². The lowest BCUT2D eigenvalue weighted by molar-refractivity contribution is -0.122. The van der Waals surface area contributed by atoms with Gasteiger partial charge in [-0.05, 0) is 58.5 Å². The Kier molecular flexibility index (Phi) is 9.95. The summed E-state index contributed by atoms with van der Waals surface area (Å²) < 4.78 is 0. The quantitative estimate of drug-likeness (QED) is 0.798. The number of likely N-dealkylation sites (tertiary alicyclic amines) is 1. The molecule has 0 spiro atoms. The molecule has 6 heteroatoms. The molecule has 2 aliphatic heterocycles. The molecular weight excluding hydrogens is 321 g/mol. The molecule has 2 unspecified atom stereocenters. The van der Waals surface area contributed by atoms with E-state index in [1.165, 1.54) is 19.3 Å². The van der Waals surface area contributed by atoms with Gasteiger partial charge in [0.2, 0.25) is 5.91 Å². The first-order valence-corrected chi connectivity index (χ1v) is 8.22. The number of nitrogens with zero attached hydrogens (tertiary/aromatic N) is 1. The standard InChI is InChI=1S/C16H31N3O.2ClH/c1-13-6-5-9-19(11-13)16(2,3)12-18-15(20)10-14-7-4-8-17-14;;/h13-14,17H,4-12H2,1-3H3,(H,18,20);2*1H. The van der Waals surface area contributed by atoms with Crippen LogP contribution < -0.4 is 10.6 Å². The minimum Gasteiger partial charge on any atom is -0.354 e. The zero-order chi connectivity index (χ0) is 14.6. The molecule has 2 N–H and O–H groups in total. The first-order chi connectivity index (χ1) is 9.47. The van der Waals surface area contributed by atoms with Gasteiger partial charge in [-0.2, -0.15) is 0 Å². The predicted octanol–water partition coefficient (Wildman–Crippen LogP) is 2.60. The lowest BCUT2D eigenvalue weighted by atomic mass is 9.93. The Morgan fingerprint density at radius 3 is 2.59 bits per heavy atom. The van der Waals surface area contributed by atoms with E-state index in [-0.39, 0.29) is 36.3 Å². The molecule has 2 rings (SSSR count). The Balaban J connectivity index is 0.00000220. The molecule has 2 aliphatic rings. The van der Waals surface area contributed by atoms with Gasteiger partial charge < -0.3 is 10.6 Å². The van der Waals surface area contributed by atoms with Crippen molar-refractivity contribution in [2.45, 2.75) is 64.5 Å². The molecule has 4 nitrogen and oxygen atoms in total. The number of halogens is 2. The third kappa shape index (κ3) is 6.61. The van der Waals surface area contributed by atoms with Gasteiger partial charge >= 0.3 is 0 Å². The van der Waals surface area contributed by atoms with Crippen LogP contribution in [0.3, 0.4) is 0 Å². The second kappa shape index (κ2) is 9.96. The van der Waals surface area contributed by atoms with Crippen molar-refractivity contribution in [3.05, 3.63) is 0 Å². The lowest BCUT2D eigenvalue weighted by Gasteiger charge is -2.43. The van der Waals surface area contributed by atoms with E-state index < -0.39 is 0 Å². The van der Waals surface area contributed by atoms with Crippen molar-refractivity contribution in [1.29, 1.82) is 0 Å². The summed E-state index contributed by atoms with van der Waals surface area (Å²) in [6, 6.07) is 0.396. The molecule has 132 valence electrons. The fourth-order valence-electron chi connectivity index (χ4n) is 3.39. The first kappa shape index (κ1) is 22.0. The summed E-state index contributed by atoms with van der Waals surface area (Å²) in [5.41, 5.74) is 0.0629. The van der Waals surface area contributed by atoms with E-state index in [1.54, 1.807) is 0 Å². The number of carbonyl (C=O) groups is 1. The fraction of sp³-hybridized carbons (Fsp3) is 0.938. The molecule has 22 heavy (non-hydrogen) atoms.